The Morgan fingerprint density at radius 2 is 1.71 bits per heavy atom. The van der Waals surface area contributed by atoms with Gasteiger partial charge in [0.15, 0.2) is 11.5 Å². The third-order valence-electron chi connectivity index (χ3n) is 5.20. The molecule has 0 radical (unpaired) electrons. The second-order valence-corrected chi connectivity index (χ2v) is 7.72. The molecule has 1 fully saturated rings. The molecule has 2 atom stereocenters. The van der Waals surface area contributed by atoms with Crippen molar-refractivity contribution in [3.8, 4) is 11.5 Å². The summed E-state index contributed by atoms with van der Waals surface area (Å²) in [6.07, 6.45) is 1.13. The Balaban J connectivity index is 1.54. The summed E-state index contributed by atoms with van der Waals surface area (Å²) >= 11 is 0. The Kier molecular flexibility index (Phi) is 4.94. The van der Waals surface area contributed by atoms with Gasteiger partial charge < -0.3 is 19.7 Å². The van der Waals surface area contributed by atoms with Crippen molar-refractivity contribution in [2.24, 2.45) is 11.8 Å². The lowest BCUT2D eigenvalue weighted by Gasteiger charge is -2.35. The maximum atomic E-state index is 13.1. The average Bonchev–Trinajstić information content (AvgIpc) is 3.15. The van der Waals surface area contributed by atoms with Crippen LogP contribution in [0.2, 0.25) is 0 Å². The first-order valence-corrected chi connectivity index (χ1v) is 9.60. The fourth-order valence-corrected chi connectivity index (χ4v) is 4.01. The van der Waals surface area contributed by atoms with E-state index in [1.165, 1.54) is 0 Å². The molecule has 2 aliphatic rings. The van der Waals surface area contributed by atoms with Gasteiger partial charge in [0.25, 0.3) is 11.8 Å². The lowest BCUT2D eigenvalue weighted by Crippen LogP contribution is -2.42. The third-order valence-corrected chi connectivity index (χ3v) is 5.20. The maximum Gasteiger partial charge on any atom is 0.255 e. The van der Waals surface area contributed by atoms with Crippen molar-refractivity contribution in [3.63, 3.8) is 0 Å². The molecule has 0 saturated carbocycles. The monoisotopic (exact) mass is 380 g/mol. The summed E-state index contributed by atoms with van der Waals surface area (Å²) in [5.41, 5.74) is 1.48. The van der Waals surface area contributed by atoms with Crippen LogP contribution in [0.5, 0.6) is 11.5 Å². The van der Waals surface area contributed by atoms with Crippen LogP contribution in [0.25, 0.3) is 0 Å². The standard InChI is InChI=1S/C22H24N2O4/c1-14-9-15(2)12-24(11-14)22(26)17-5-3-4-6-18(17)23-21(25)16-7-8-19-20(10-16)28-13-27-19/h3-8,10,14-15H,9,11-13H2,1-2H3,(H,23,25)/t14-,15+. The molecule has 0 unspecified atom stereocenters. The second kappa shape index (κ2) is 7.54. The summed E-state index contributed by atoms with van der Waals surface area (Å²) in [6.45, 7) is 5.98. The highest BCUT2D eigenvalue weighted by Gasteiger charge is 2.27. The number of carbonyl (C=O) groups is 2. The van der Waals surface area contributed by atoms with Crippen LogP contribution >= 0.6 is 0 Å². The van der Waals surface area contributed by atoms with Crippen molar-refractivity contribution in [2.75, 3.05) is 25.2 Å². The van der Waals surface area contributed by atoms with Crippen LogP contribution in [0.1, 0.15) is 41.0 Å². The van der Waals surface area contributed by atoms with Crippen LogP contribution < -0.4 is 14.8 Å². The average molecular weight is 380 g/mol. The molecule has 0 bridgehead atoms. The van der Waals surface area contributed by atoms with Crippen molar-refractivity contribution in [2.45, 2.75) is 20.3 Å². The number of fused-ring (bicyclic) bond motifs is 1. The molecule has 2 aromatic rings. The van der Waals surface area contributed by atoms with Crippen molar-refractivity contribution in [3.05, 3.63) is 53.6 Å². The Morgan fingerprint density at radius 3 is 2.50 bits per heavy atom. The van der Waals surface area contributed by atoms with E-state index in [4.69, 9.17) is 9.47 Å². The minimum atomic E-state index is -0.293. The highest BCUT2D eigenvalue weighted by atomic mass is 16.7. The van der Waals surface area contributed by atoms with Gasteiger partial charge in [-0.3, -0.25) is 9.59 Å². The number of nitrogens with zero attached hydrogens (tertiary/aromatic N) is 1. The predicted molar refractivity (Wildman–Crippen MR) is 106 cm³/mol. The van der Waals surface area contributed by atoms with Crippen molar-refractivity contribution in [1.29, 1.82) is 0 Å². The van der Waals surface area contributed by atoms with E-state index in [2.05, 4.69) is 19.2 Å². The van der Waals surface area contributed by atoms with Gasteiger partial charge in [-0.25, -0.2) is 0 Å². The van der Waals surface area contributed by atoms with Crippen LogP contribution in [-0.2, 0) is 0 Å². The Hall–Kier alpha value is -3.02. The molecule has 6 nitrogen and oxygen atoms in total. The number of piperidine rings is 1. The smallest absolute Gasteiger partial charge is 0.255 e. The molecule has 1 N–H and O–H groups in total. The number of benzene rings is 2. The molecule has 2 heterocycles. The van der Waals surface area contributed by atoms with E-state index in [9.17, 15) is 9.59 Å². The molecular weight excluding hydrogens is 356 g/mol. The summed E-state index contributed by atoms with van der Waals surface area (Å²) in [4.78, 5) is 27.8. The van der Waals surface area contributed by atoms with Gasteiger partial charge in [-0.05, 0) is 48.6 Å². The van der Waals surface area contributed by atoms with Gasteiger partial charge in [0.1, 0.15) is 0 Å². The summed E-state index contributed by atoms with van der Waals surface area (Å²) in [7, 11) is 0. The maximum absolute atomic E-state index is 13.1. The Labute approximate surface area is 164 Å². The lowest BCUT2D eigenvalue weighted by atomic mass is 9.91. The number of hydrogen-bond acceptors (Lipinski definition) is 4. The van der Waals surface area contributed by atoms with Gasteiger partial charge in [-0.2, -0.15) is 0 Å². The largest absolute Gasteiger partial charge is 0.454 e. The molecular formula is C22H24N2O4. The second-order valence-electron chi connectivity index (χ2n) is 7.72. The number of likely N-dealkylation sites (tertiary alicyclic amines) is 1. The molecule has 4 rings (SSSR count). The molecule has 2 amide bonds. The zero-order chi connectivity index (χ0) is 19.7. The van der Waals surface area contributed by atoms with E-state index < -0.39 is 0 Å². The highest BCUT2D eigenvalue weighted by molar-refractivity contribution is 6.09. The van der Waals surface area contributed by atoms with E-state index in [0.717, 1.165) is 19.5 Å². The summed E-state index contributed by atoms with van der Waals surface area (Å²) in [5.74, 6) is 1.79. The highest BCUT2D eigenvalue weighted by Crippen LogP contribution is 2.33. The lowest BCUT2D eigenvalue weighted by molar-refractivity contribution is 0.0624. The fourth-order valence-electron chi connectivity index (χ4n) is 4.01. The van der Waals surface area contributed by atoms with E-state index in [1.807, 2.05) is 17.0 Å². The van der Waals surface area contributed by atoms with Gasteiger partial charge >= 0.3 is 0 Å². The topological polar surface area (TPSA) is 67.9 Å². The molecule has 2 aliphatic heterocycles. The summed E-state index contributed by atoms with van der Waals surface area (Å²) in [5, 5.41) is 2.88. The summed E-state index contributed by atoms with van der Waals surface area (Å²) < 4.78 is 10.6. The normalized spacial score (nSPS) is 20.7. The van der Waals surface area contributed by atoms with Crippen LogP contribution in [-0.4, -0.2) is 36.6 Å². The third kappa shape index (κ3) is 3.67. The first-order valence-electron chi connectivity index (χ1n) is 9.60. The molecule has 1 saturated heterocycles. The zero-order valence-electron chi connectivity index (χ0n) is 16.1. The van der Waals surface area contributed by atoms with Gasteiger partial charge in [0, 0.05) is 18.7 Å². The molecule has 6 heteroatoms. The number of nitrogens with one attached hydrogen (secondary N) is 1. The van der Waals surface area contributed by atoms with Crippen molar-refractivity contribution < 1.29 is 19.1 Å². The van der Waals surface area contributed by atoms with Crippen LogP contribution in [0.3, 0.4) is 0 Å². The van der Waals surface area contributed by atoms with E-state index in [0.29, 0.717) is 40.1 Å². The fraction of sp³-hybridized carbons (Fsp3) is 0.364. The molecule has 28 heavy (non-hydrogen) atoms. The molecule has 0 aliphatic carbocycles. The Morgan fingerprint density at radius 1 is 1.00 bits per heavy atom. The number of amides is 2. The number of para-hydroxylation sites is 1. The number of carbonyl (C=O) groups excluding carboxylic acids is 2. The zero-order valence-corrected chi connectivity index (χ0v) is 16.1. The van der Waals surface area contributed by atoms with Gasteiger partial charge in [0.05, 0.1) is 11.3 Å². The Bertz CT molecular complexity index is 901. The van der Waals surface area contributed by atoms with E-state index in [-0.39, 0.29) is 18.6 Å². The number of anilines is 1. The minimum Gasteiger partial charge on any atom is -0.454 e. The van der Waals surface area contributed by atoms with Gasteiger partial charge in [-0.1, -0.05) is 26.0 Å². The predicted octanol–water partition coefficient (Wildman–Crippen LogP) is 3.79. The molecule has 0 spiro atoms. The van der Waals surface area contributed by atoms with Crippen molar-refractivity contribution >= 4 is 17.5 Å². The van der Waals surface area contributed by atoms with Gasteiger partial charge in [0.2, 0.25) is 6.79 Å². The summed E-state index contributed by atoms with van der Waals surface area (Å²) in [6, 6.07) is 12.2. The van der Waals surface area contributed by atoms with Crippen LogP contribution in [0.4, 0.5) is 5.69 Å². The minimum absolute atomic E-state index is 0.0417. The van der Waals surface area contributed by atoms with E-state index in [1.54, 1.807) is 30.3 Å². The molecule has 0 aromatic heterocycles. The first-order chi connectivity index (χ1) is 13.5. The number of ether oxygens (including phenoxy) is 2. The first kappa shape index (κ1) is 18.3. The molecule has 2 aromatic carbocycles. The quantitative estimate of drug-likeness (QED) is 0.880. The number of hydrogen-bond donors (Lipinski definition) is 1. The van der Waals surface area contributed by atoms with Crippen LogP contribution in [0.15, 0.2) is 42.5 Å². The molecule has 146 valence electrons. The van der Waals surface area contributed by atoms with Crippen molar-refractivity contribution in [1.82, 2.24) is 4.90 Å². The SMILES string of the molecule is C[C@@H]1C[C@H](C)CN(C(=O)c2ccccc2NC(=O)c2ccc3c(c2)OCO3)C1. The van der Waals surface area contributed by atoms with Crippen LogP contribution in [0, 0.1) is 11.8 Å². The van der Waals surface area contributed by atoms with E-state index >= 15 is 0 Å². The van der Waals surface area contributed by atoms with Gasteiger partial charge in [-0.15, -0.1) is 0 Å². The number of rotatable bonds is 3.